The normalized spacial score (nSPS) is 15.6. The molecule has 0 fully saturated rings. The zero-order valence-corrected chi connectivity index (χ0v) is 16.4. The van der Waals surface area contributed by atoms with Crippen molar-refractivity contribution < 1.29 is 4.79 Å². The number of hydrogen-bond donors (Lipinski definition) is 0. The fraction of sp³-hybridized carbons (Fsp3) is 0.238. The van der Waals surface area contributed by atoms with Gasteiger partial charge in [0.15, 0.2) is 0 Å². The Kier molecular flexibility index (Phi) is 4.43. The Balaban J connectivity index is 1.86. The summed E-state index contributed by atoms with van der Waals surface area (Å²) < 4.78 is 3.66. The average molecular weight is 374 g/mol. The lowest BCUT2D eigenvalue weighted by Gasteiger charge is -2.10. The van der Waals surface area contributed by atoms with E-state index in [4.69, 9.17) is 0 Å². The molecule has 0 saturated heterocycles. The largest absolute Gasteiger partial charge is 0.281 e. The van der Waals surface area contributed by atoms with Gasteiger partial charge in [-0.25, -0.2) is 0 Å². The first kappa shape index (κ1) is 17.9. The third-order valence-electron chi connectivity index (χ3n) is 4.86. The van der Waals surface area contributed by atoms with E-state index in [0.717, 1.165) is 34.9 Å². The summed E-state index contributed by atoms with van der Waals surface area (Å²) in [5, 5.41) is 14.9. The minimum Gasteiger partial charge on any atom is -0.270 e. The second-order valence-electron chi connectivity index (χ2n) is 6.75. The molecule has 2 aromatic heterocycles. The zero-order chi connectivity index (χ0) is 19.8. The van der Waals surface area contributed by atoms with E-state index in [-0.39, 0.29) is 5.91 Å². The van der Waals surface area contributed by atoms with Gasteiger partial charge in [0.25, 0.3) is 5.91 Å². The molecule has 1 aromatic carbocycles. The summed E-state index contributed by atoms with van der Waals surface area (Å²) >= 11 is 0. The van der Waals surface area contributed by atoms with Gasteiger partial charge in [-0.3, -0.25) is 14.2 Å². The van der Waals surface area contributed by atoms with Crippen LogP contribution in [0.2, 0.25) is 0 Å². The van der Waals surface area contributed by atoms with E-state index in [1.807, 2.05) is 75.0 Å². The van der Waals surface area contributed by atoms with Gasteiger partial charge in [-0.15, -0.1) is 0 Å². The van der Waals surface area contributed by atoms with E-state index in [0.29, 0.717) is 11.3 Å². The summed E-state index contributed by atoms with van der Waals surface area (Å²) in [4.78, 5) is 13.3. The number of amides is 1. The van der Waals surface area contributed by atoms with Crippen LogP contribution in [0.25, 0.3) is 6.08 Å². The number of hydrogen-bond acceptors (Lipinski definition) is 4. The SMILES string of the molecule is CCn1ncc(/C=C2/C(=O)N(c3ccccc3)N=C2c2cc(C)nn2C)c1C. The Hall–Kier alpha value is -3.48. The van der Waals surface area contributed by atoms with Gasteiger partial charge in [0.2, 0.25) is 0 Å². The van der Waals surface area contributed by atoms with E-state index < -0.39 is 0 Å². The van der Waals surface area contributed by atoms with Crippen molar-refractivity contribution in [3.05, 3.63) is 70.8 Å². The molecule has 1 amide bonds. The van der Waals surface area contributed by atoms with E-state index >= 15 is 0 Å². The summed E-state index contributed by atoms with van der Waals surface area (Å²) in [6.45, 7) is 6.75. The zero-order valence-electron chi connectivity index (χ0n) is 16.4. The Bertz CT molecular complexity index is 1100. The second-order valence-corrected chi connectivity index (χ2v) is 6.75. The number of anilines is 1. The Labute approximate surface area is 163 Å². The van der Waals surface area contributed by atoms with Gasteiger partial charge in [-0.2, -0.15) is 20.3 Å². The van der Waals surface area contributed by atoms with Crippen LogP contribution in [0.3, 0.4) is 0 Å². The molecule has 3 heterocycles. The van der Waals surface area contributed by atoms with Crippen LogP contribution in [0.5, 0.6) is 0 Å². The Morgan fingerprint density at radius 2 is 1.89 bits per heavy atom. The maximum absolute atomic E-state index is 13.3. The molecule has 4 rings (SSSR count). The number of carbonyl (C=O) groups excluding carboxylic acids is 1. The van der Waals surface area contributed by atoms with Gasteiger partial charge in [-0.05, 0) is 45.0 Å². The third kappa shape index (κ3) is 2.94. The van der Waals surface area contributed by atoms with Crippen LogP contribution in [-0.2, 0) is 18.4 Å². The van der Waals surface area contributed by atoms with Crippen LogP contribution in [0.4, 0.5) is 5.69 Å². The minimum atomic E-state index is -0.163. The van der Waals surface area contributed by atoms with Gasteiger partial charge < -0.3 is 0 Å². The first-order valence-electron chi connectivity index (χ1n) is 9.23. The van der Waals surface area contributed by atoms with Crippen molar-refractivity contribution in [3.63, 3.8) is 0 Å². The number of aromatic nitrogens is 4. The molecule has 28 heavy (non-hydrogen) atoms. The highest BCUT2D eigenvalue weighted by atomic mass is 16.2. The summed E-state index contributed by atoms with van der Waals surface area (Å²) in [6.07, 6.45) is 3.66. The van der Waals surface area contributed by atoms with Crippen LogP contribution in [0.15, 0.2) is 53.3 Å². The van der Waals surface area contributed by atoms with Gasteiger partial charge in [0.1, 0.15) is 5.71 Å². The molecular formula is C21H22N6O. The summed E-state index contributed by atoms with van der Waals surface area (Å²) in [5.74, 6) is -0.163. The summed E-state index contributed by atoms with van der Waals surface area (Å²) in [6, 6.07) is 11.4. The molecule has 3 aromatic rings. The maximum Gasteiger partial charge on any atom is 0.281 e. The molecule has 0 N–H and O–H groups in total. The first-order valence-corrected chi connectivity index (χ1v) is 9.23. The number of rotatable bonds is 4. The Morgan fingerprint density at radius 1 is 1.14 bits per heavy atom. The molecular weight excluding hydrogens is 352 g/mol. The standard InChI is InChI=1S/C21H22N6O/c1-5-26-15(3)16(13-22-26)12-18-20(19-11-14(2)23-25(19)4)24-27(21(18)28)17-9-7-6-8-10-17/h6-13H,5H2,1-4H3/b18-12+. The predicted molar refractivity (Wildman–Crippen MR) is 109 cm³/mol. The highest BCUT2D eigenvalue weighted by molar-refractivity contribution is 6.37. The van der Waals surface area contributed by atoms with Crippen molar-refractivity contribution in [2.75, 3.05) is 5.01 Å². The molecule has 0 bridgehead atoms. The highest BCUT2D eigenvalue weighted by Gasteiger charge is 2.33. The number of aryl methyl sites for hydroxylation is 3. The molecule has 142 valence electrons. The quantitative estimate of drug-likeness (QED) is 0.659. The summed E-state index contributed by atoms with van der Waals surface area (Å²) in [7, 11) is 1.86. The van der Waals surface area contributed by atoms with Gasteiger partial charge in [-0.1, -0.05) is 18.2 Å². The van der Waals surface area contributed by atoms with Crippen LogP contribution in [0, 0.1) is 13.8 Å². The molecule has 0 radical (unpaired) electrons. The molecule has 1 aliphatic heterocycles. The van der Waals surface area contributed by atoms with Crippen LogP contribution in [-0.4, -0.2) is 31.2 Å². The van der Waals surface area contributed by atoms with Crippen LogP contribution >= 0.6 is 0 Å². The number of hydrazone groups is 1. The Morgan fingerprint density at radius 3 is 2.50 bits per heavy atom. The number of nitrogens with zero attached hydrogens (tertiary/aromatic N) is 6. The lowest BCUT2D eigenvalue weighted by Crippen LogP contribution is -2.21. The molecule has 7 heteroatoms. The molecule has 7 nitrogen and oxygen atoms in total. The van der Waals surface area contributed by atoms with Crippen molar-refractivity contribution in [2.24, 2.45) is 12.1 Å². The lowest BCUT2D eigenvalue weighted by atomic mass is 10.0. The van der Waals surface area contributed by atoms with Crippen molar-refractivity contribution in [1.82, 2.24) is 19.6 Å². The average Bonchev–Trinajstić information content (AvgIpc) is 3.32. The van der Waals surface area contributed by atoms with Crippen molar-refractivity contribution in [3.8, 4) is 0 Å². The molecule has 1 aliphatic rings. The molecule has 0 atom stereocenters. The van der Waals surface area contributed by atoms with Crippen LogP contribution < -0.4 is 5.01 Å². The van der Waals surface area contributed by atoms with E-state index in [1.165, 1.54) is 5.01 Å². The fourth-order valence-corrected chi connectivity index (χ4v) is 3.39. The molecule has 0 unspecified atom stereocenters. The number of para-hydroxylation sites is 1. The van der Waals surface area contributed by atoms with E-state index in [2.05, 4.69) is 15.3 Å². The van der Waals surface area contributed by atoms with Crippen molar-refractivity contribution in [2.45, 2.75) is 27.3 Å². The van der Waals surface area contributed by atoms with E-state index in [1.54, 1.807) is 10.9 Å². The summed E-state index contributed by atoms with van der Waals surface area (Å²) in [5.41, 5.74) is 5.48. The highest BCUT2D eigenvalue weighted by Crippen LogP contribution is 2.28. The number of carbonyl (C=O) groups is 1. The smallest absolute Gasteiger partial charge is 0.270 e. The van der Waals surface area contributed by atoms with Crippen LogP contribution in [0.1, 0.15) is 29.6 Å². The second kappa shape index (κ2) is 6.92. The molecule has 0 aliphatic carbocycles. The van der Waals surface area contributed by atoms with Gasteiger partial charge in [0, 0.05) is 24.8 Å². The minimum absolute atomic E-state index is 0.163. The fourth-order valence-electron chi connectivity index (χ4n) is 3.39. The van der Waals surface area contributed by atoms with Gasteiger partial charge in [0.05, 0.1) is 28.8 Å². The molecule has 0 spiro atoms. The third-order valence-corrected chi connectivity index (χ3v) is 4.86. The molecule has 0 saturated carbocycles. The van der Waals surface area contributed by atoms with E-state index in [9.17, 15) is 4.79 Å². The topological polar surface area (TPSA) is 68.3 Å². The van der Waals surface area contributed by atoms with Gasteiger partial charge >= 0.3 is 0 Å². The lowest BCUT2D eigenvalue weighted by molar-refractivity contribution is -0.114. The maximum atomic E-state index is 13.3. The first-order chi connectivity index (χ1) is 13.5. The monoisotopic (exact) mass is 374 g/mol. The predicted octanol–water partition coefficient (Wildman–Crippen LogP) is 3.09. The van der Waals surface area contributed by atoms with Crippen molar-refractivity contribution in [1.29, 1.82) is 0 Å². The van der Waals surface area contributed by atoms with Crippen molar-refractivity contribution >= 4 is 23.4 Å². The number of benzene rings is 1.